The van der Waals surface area contributed by atoms with Crippen LogP contribution in [-0.4, -0.2) is 22.4 Å². The Bertz CT molecular complexity index is 334. The van der Waals surface area contributed by atoms with Gasteiger partial charge in [0.05, 0.1) is 18.2 Å². The lowest BCUT2D eigenvalue weighted by atomic mass is 10.0. The fourth-order valence-corrected chi connectivity index (χ4v) is 1.78. The molecule has 1 atom stereocenters. The van der Waals surface area contributed by atoms with Gasteiger partial charge in [0.2, 0.25) is 0 Å². The zero-order valence-corrected chi connectivity index (χ0v) is 10.3. The molecule has 4 nitrogen and oxygen atoms in total. The summed E-state index contributed by atoms with van der Waals surface area (Å²) in [7, 11) is 0. The number of hydrogen-bond acceptors (Lipinski definition) is 3. The van der Waals surface area contributed by atoms with Gasteiger partial charge in [0.15, 0.2) is 0 Å². The molecule has 0 saturated carbocycles. The van der Waals surface area contributed by atoms with Crippen molar-refractivity contribution in [1.82, 2.24) is 9.78 Å². The van der Waals surface area contributed by atoms with E-state index in [-0.39, 0.29) is 11.9 Å². The third-order valence-corrected chi connectivity index (χ3v) is 2.52. The normalized spacial score (nSPS) is 12.4. The molecule has 0 aliphatic heterocycles. The highest BCUT2D eigenvalue weighted by atomic mass is 16.5. The fourth-order valence-electron chi connectivity index (χ4n) is 1.78. The van der Waals surface area contributed by atoms with Crippen LogP contribution in [0.3, 0.4) is 0 Å². The Labute approximate surface area is 96.6 Å². The second kappa shape index (κ2) is 6.30. The summed E-state index contributed by atoms with van der Waals surface area (Å²) in [6, 6.07) is 1.90. The first-order chi connectivity index (χ1) is 7.74. The largest absolute Gasteiger partial charge is 0.465 e. The van der Waals surface area contributed by atoms with Gasteiger partial charge in [-0.3, -0.25) is 9.48 Å². The molecule has 90 valence electrons. The lowest BCUT2D eigenvalue weighted by molar-refractivity contribution is -0.145. The van der Waals surface area contributed by atoms with Gasteiger partial charge >= 0.3 is 5.97 Å². The number of esters is 1. The average molecular weight is 224 g/mol. The van der Waals surface area contributed by atoms with Gasteiger partial charge < -0.3 is 4.74 Å². The van der Waals surface area contributed by atoms with Crippen molar-refractivity contribution in [2.24, 2.45) is 0 Å². The summed E-state index contributed by atoms with van der Waals surface area (Å²) >= 11 is 0. The quantitative estimate of drug-likeness (QED) is 0.697. The Kier molecular flexibility index (Phi) is 5.02. The highest BCUT2D eigenvalue weighted by Crippen LogP contribution is 2.21. The van der Waals surface area contributed by atoms with Crippen molar-refractivity contribution in [3.8, 4) is 0 Å². The van der Waals surface area contributed by atoms with E-state index in [9.17, 15) is 4.79 Å². The van der Waals surface area contributed by atoms with E-state index in [1.54, 1.807) is 6.20 Å². The molecule has 0 amide bonds. The van der Waals surface area contributed by atoms with Crippen LogP contribution in [0.25, 0.3) is 0 Å². The van der Waals surface area contributed by atoms with Crippen LogP contribution in [0.4, 0.5) is 0 Å². The van der Waals surface area contributed by atoms with Crippen LogP contribution in [0, 0.1) is 0 Å². The summed E-state index contributed by atoms with van der Waals surface area (Å²) < 4.78 is 6.97. The minimum Gasteiger partial charge on any atom is -0.465 e. The molecule has 0 saturated heterocycles. The second-order valence-corrected chi connectivity index (χ2v) is 3.69. The molecule has 1 unspecified atom stereocenters. The van der Waals surface area contributed by atoms with Crippen molar-refractivity contribution in [2.75, 3.05) is 6.61 Å². The molecule has 1 rings (SSSR count). The Morgan fingerprint density at radius 2 is 2.25 bits per heavy atom. The number of hydrogen-bond donors (Lipinski definition) is 0. The lowest BCUT2D eigenvalue weighted by Crippen LogP contribution is -2.19. The molecule has 0 radical (unpaired) electrons. The zero-order chi connectivity index (χ0) is 12.0. The van der Waals surface area contributed by atoms with E-state index in [4.69, 9.17) is 4.74 Å². The van der Waals surface area contributed by atoms with Crippen LogP contribution in [0.2, 0.25) is 0 Å². The molecule has 0 fully saturated rings. The maximum Gasteiger partial charge on any atom is 0.314 e. The summed E-state index contributed by atoms with van der Waals surface area (Å²) in [6.45, 7) is 7.19. The van der Waals surface area contributed by atoms with Gasteiger partial charge in [-0.1, -0.05) is 13.8 Å². The highest BCUT2D eigenvalue weighted by molar-refractivity contribution is 5.77. The minimum atomic E-state index is -0.186. The Morgan fingerprint density at radius 3 is 2.81 bits per heavy atom. The van der Waals surface area contributed by atoms with E-state index >= 15 is 0 Å². The van der Waals surface area contributed by atoms with Crippen molar-refractivity contribution < 1.29 is 9.53 Å². The molecular formula is C12H20N2O2. The number of ether oxygens (including phenoxy) is 1. The predicted molar refractivity (Wildman–Crippen MR) is 62.2 cm³/mol. The van der Waals surface area contributed by atoms with Crippen molar-refractivity contribution in [1.29, 1.82) is 0 Å². The third kappa shape index (κ3) is 2.84. The van der Waals surface area contributed by atoms with Crippen LogP contribution in [0.5, 0.6) is 0 Å². The van der Waals surface area contributed by atoms with Crippen LogP contribution in [-0.2, 0) is 16.1 Å². The zero-order valence-electron chi connectivity index (χ0n) is 10.3. The van der Waals surface area contributed by atoms with E-state index in [1.165, 1.54) is 0 Å². The van der Waals surface area contributed by atoms with Gasteiger partial charge in [0.25, 0.3) is 0 Å². The van der Waals surface area contributed by atoms with Gasteiger partial charge in [-0.05, 0) is 25.8 Å². The van der Waals surface area contributed by atoms with Gasteiger partial charge in [-0.25, -0.2) is 0 Å². The maximum atomic E-state index is 11.8. The van der Waals surface area contributed by atoms with Gasteiger partial charge in [-0.2, -0.15) is 5.10 Å². The van der Waals surface area contributed by atoms with Crippen LogP contribution >= 0.6 is 0 Å². The van der Waals surface area contributed by atoms with Gasteiger partial charge in [0.1, 0.15) is 0 Å². The minimum absolute atomic E-state index is 0.150. The Balaban J connectivity index is 2.85. The molecule has 0 aliphatic rings. The predicted octanol–water partition coefficient (Wildman–Crippen LogP) is 2.35. The van der Waals surface area contributed by atoms with Crippen LogP contribution in [0.1, 0.15) is 45.2 Å². The smallest absolute Gasteiger partial charge is 0.314 e. The second-order valence-electron chi connectivity index (χ2n) is 3.69. The molecule has 0 N–H and O–H groups in total. The number of rotatable bonds is 6. The standard InChI is InChI=1S/C12H20N2O2/c1-4-9-14-11(7-8-13-14)10(5-2)12(15)16-6-3/h7-8,10H,4-6,9H2,1-3H3. The molecule has 0 aliphatic carbocycles. The molecule has 1 aromatic rings. The van der Waals surface area contributed by atoms with Crippen LogP contribution in [0.15, 0.2) is 12.3 Å². The molecule has 16 heavy (non-hydrogen) atoms. The summed E-state index contributed by atoms with van der Waals surface area (Å²) in [5, 5.41) is 4.23. The topological polar surface area (TPSA) is 44.1 Å². The summed E-state index contributed by atoms with van der Waals surface area (Å²) in [5.41, 5.74) is 0.961. The summed E-state index contributed by atoms with van der Waals surface area (Å²) in [6.07, 6.45) is 3.50. The van der Waals surface area contributed by atoms with E-state index in [1.807, 2.05) is 24.6 Å². The first-order valence-corrected chi connectivity index (χ1v) is 5.92. The average Bonchev–Trinajstić information content (AvgIpc) is 2.69. The summed E-state index contributed by atoms with van der Waals surface area (Å²) in [4.78, 5) is 11.8. The Morgan fingerprint density at radius 1 is 1.50 bits per heavy atom. The van der Waals surface area contributed by atoms with E-state index < -0.39 is 0 Å². The Hall–Kier alpha value is -1.32. The van der Waals surface area contributed by atoms with Crippen molar-refractivity contribution in [3.05, 3.63) is 18.0 Å². The summed E-state index contributed by atoms with van der Waals surface area (Å²) in [5.74, 6) is -0.336. The van der Waals surface area contributed by atoms with E-state index in [0.717, 1.165) is 25.1 Å². The number of carbonyl (C=O) groups excluding carboxylic acids is 1. The molecule has 0 aromatic carbocycles. The molecular weight excluding hydrogens is 204 g/mol. The molecule has 0 bridgehead atoms. The van der Waals surface area contributed by atoms with Crippen molar-refractivity contribution in [2.45, 2.75) is 46.1 Å². The van der Waals surface area contributed by atoms with Crippen LogP contribution < -0.4 is 0 Å². The number of nitrogens with zero attached hydrogens (tertiary/aromatic N) is 2. The van der Waals surface area contributed by atoms with Gasteiger partial charge in [0, 0.05) is 12.7 Å². The third-order valence-electron chi connectivity index (χ3n) is 2.52. The number of carbonyl (C=O) groups is 1. The number of aryl methyl sites for hydroxylation is 1. The van der Waals surface area contributed by atoms with Gasteiger partial charge in [-0.15, -0.1) is 0 Å². The monoisotopic (exact) mass is 224 g/mol. The SMILES string of the molecule is CCCn1nccc1C(CC)C(=O)OCC. The van der Waals surface area contributed by atoms with Crippen molar-refractivity contribution >= 4 is 5.97 Å². The maximum absolute atomic E-state index is 11.8. The van der Waals surface area contributed by atoms with Crippen molar-refractivity contribution in [3.63, 3.8) is 0 Å². The molecule has 1 aromatic heterocycles. The fraction of sp³-hybridized carbons (Fsp3) is 0.667. The first-order valence-electron chi connectivity index (χ1n) is 5.92. The number of aromatic nitrogens is 2. The van der Waals surface area contributed by atoms with E-state index in [0.29, 0.717) is 6.61 Å². The molecule has 1 heterocycles. The lowest BCUT2D eigenvalue weighted by Gasteiger charge is -2.15. The molecule has 4 heteroatoms. The highest BCUT2D eigenvalue weighted by Gasteiger charge is 2.23. The molecule has 0 spiro atoms. The first kappa shape index (κ1) is 12.7. The van der Waals surface area contributed by atoms with E-state index in [2.05, 4.69) is 12.0 Å².